The van der Waals surface area contributed by atoms with E-state index in [4.69, 9.17) is 4.42 Å². The fourth-order valence-corrected chi connectivity index (χ4v) is 2.61. The van der Waals surface area contributed by atoms with Crippen molar-refractivity contribution < 1.29 is 4.42 Å². The largest absolute Gasteiger partial charge is 0.443 e. The molecule has 0 saturated heterocycles. The van der Waals surface area contributed by atoms with E-state index in [1.165, 1.54) is 0 Å². The third-order valence-electron chi connectivity index (χ3n) is 4.14. The Morgan fingerprint density at radius 2 is 1.96 bits per heavy atom. The van der Waals surface area contributed by atoms with Crippen LogP contribution in [0.3, 0.4) is 0 Å². The van der Waals surface area contributed by atoms with Crippen molar-refractivity contribution in [3.05, 3.63) is 66.4 Å². The van der Waals surface area contributed by atoms with E-state index < -0.39 is 0 Å². The highest BCUT2D eigenvalue weighted by Crippen LogP contribution is 2.22. The van der Waals surface area contributed by atoms with Crippen LogP contribution in [-0.2, 0) is 18.5 Å². The summed E-state index contributed by atoms with van der Waals surface area (Å²) in [6, 6.07) is 8.19. The molecule has 0 atom stereocenters. The normalized spacial score (nSPS) is 12.2. The lowest BCUT2D eigenvalue weighted by Gasteiger charge is -2.14. The summed E-state index contributed by atoms with van der Waals surface area (Å²) in [6.45, 7) is 7.40. The number of rotatable bonds is 5. The first-order valence-electron chi connectivity index (χ1n) is 8.93. The standard InChI is InChI=1S/C20H26N6O/c1-20(2,3)17-12-23-18(27-17)13-25-19(21-4)24-11-15-7-5-6-8-16(15)26-10-9-22-14-26/h5-10,12,14H,11,13H2,1-4H3,(H2,21,24,25). The van der Waals surface area contributed by atoms with Crippen molar-refractivity contribution in [2.24, 2.45) is 4.99 Å². The van der Waals surface area contributed by atoms with E-state index in [9.17, 15) is 0 Å². The summed E-state index contributed by atoms with van der Waals surface area (Å²) in [5, 5.41) is 6.57. The molecule has 3 rings (SSSR count). The summed E-state index contributed by atoms with van der Waals surface area (Å²) < 4.78 is 7.80. The number of benzene rings is 1. The zero-order valence-corrected chi connectivity index (χ0v) is 16.2. The molecule has 3 aromatic rings. The van der Waals surface area contributed by atoms with Crippen LogP contribution in [-0.4, -0.2) is 27.5 Å². The molecule has 142 valence electrons. The number of hydrogen-bond acceptors (Lipinski definition) is 4. The van der Waals surface area contributed by atoms with Gasteiger partial charge in [-0.1, -0.05) is 39.0 Å². The van der Waals surface area contributed by atoms with Crippen LogP contribution in [0, 0.1) is 0 Å². The van der Waals surface area contributed by atoms with Gasteiger partial charge in [-0.25, -0.2) is 9.97 Å². The van der Waals surface area contributed by atoms with Crippen LogP contribution < -0.4 is 10.6 Å². The number of guanidine groups is 1. The second-order valence-corrected chi connectivity index (χ2v) is 7.25. The van der Waals surface area contributed by atoms with Crippen molar-refractivity contribution in [2.45, 2.75) is 39.3 Å². The Kier molecular flexibility index (Phi) is 5.59. The summed E-state index contributed by atoms with van der Waals surface area (Å²) >= 11 is 0. The van der Waals surface area contributed by atoms with Gasteiger partial charge in [-0.3, -0.25) is 4.99 Å². The van der Waals surface area contributed by atoms with Crippen molar-refractivity contribution >= 4 is 5.96 Å². The van der Waals surface area contributed by atoms with E-state index in [1.807, 2.05) is 22.9 Å². The maximum absolute atomic E-state index is 5.81. The summed E-state index contributed by atoms with van der Waals surface area (Å²) in [4.78, 5) is 12.7. The summed E-state index contributed by atoms with van der Waals surface area (Å²) in [7, 11) is 1.74. The van der Waals surface area contributed by atoms with Gasteiger partial charge in [-0.05, 0) is 11.6 Å². The molecule has 7 heteroatoms. The smallest absolute Gasteiger partial charge is 0.213 e. The molecule has 0 saturated carbocycles. The molecule has 2 N–H and O–H groups in total. The molecular weight excluding hydrogens is 340 g/mol. The van der Waals surface area contributed by atoms with Gasteiger partial charge >= 0.3 is 0 Å². The highest BCUT2D eigenvalue weighted by molar-refractivity contribution is 5.79. The number of aliphatic imine (C=N–C) groups is 1. The van der Waals surface area contributed by atoms with Crippen LogP contribution in [0.15, 0.2) is 58.6 Å². The molecule has 0 unspecified atom stereocenters. The molecule has 0 bridgehead atoms. The zero-order valence-electron chi connectivity index (χ0n) is 16.2. The Morgan fingerprint density at radius 3 is 2.63 bits per heavy atom. The van der Waals surface area contributed by atoms with Crippen LogP contribution >= 0.6 is 0 Å². The van der Waals surface area contributed by atoms with E-state index in [2.05, 4.69) is 58.5 Å². The monoisotopic (exact) mass is 366 g/mol. The number of nitrogens with one attached hydrogen (secondary N) is 2. The molecule has 2 heterocycles. The fourth-order valence-electron chi connectivity index (χ4n) is 2.61. The Balaban J connectivity index is 1.60. The van der Waals surface area contributed by atoms with Gasteiger partial charge in [0, 0.05) is 31.4 Å². The third-order valence-corrected chi connectivity index (χ3v) is 4.14. The van der Waals surface area contributed by atoms with Crippen LogP contribution in [0.25, 0.3) is 5.69 Å². The second-order valence-electron chi connectivity index (χ2n) is 7.25. The van der Waals surface area contributed by atoms with Gasteiger partial charge < -0.3 is 19.6 Å². The third kappa shape index (κ3) is 4.75. The second kappa shape index (κ2) is 8.07. The van der Waals surface area contributed by atoms with Crippen molar-refractivity contribution in [2.75, 3.05) is 7.05 Å². The molecule has 2 aromatic heterocycles. The number of oxazole rings is 1. The first kappa shape index (κ1) is 18.7. The van der Waals surface area contributed by atoms with Crippen LogP contribution in [0.1, 0.15) is 38.0 Å². The maximum Gasteiger partial charge on any atom is 0.213 e. The van der Waals surface area contributed by atoms with Gasteiger partial charge in [-0.15, -0.1) is 0 Å². The topological polar surface area (TPSA) is 80.3 Å². The summed E-state index contributed by atoms with van der Waals surface area (Å²) in [5.74, 6) is 2.20. The van der Waals surface area contributed by atoms with E-state index in [-0.39, 0.29) is 5.41 Å². The number of hydrogen-bond donors (Lipinski definition) is 2. The molecule has 0 radical (unpaired) electrons. The molecule has 0 aliphatic rings. The highest BCUT2D eigenvalue weighted by atomic mass is 16.4. The lowest BCUT2D eigenvalue weighted by atomic mass is 9.94. The van der Waals surface area contributed by atoms with Crippen molar-refractivity contribution in [3.63, 3.8) is 0 Å². The Hall–Kier alpha value is -3.09. The van der Waals surface area contributed by atoms with Crippen molar-refractivity contribution in [3.8, 4) is 5.69 Å². The minimum Gasteiger partial charge on any atom is -0.443 e. The summed E-state index contributed by atoms with van der Waals surface area (Å²) in [5.41, 5.74) is 2.17. The van der Waals surface area contributed by atoms with Gasteiger partial charge in [0.2, 0.25) is 5.89 Å². The van der Waals surface area contributed by atoms with Crippen LogP contribution in [0.5, 0.6) is 0 Å². The number of para-hydroxylation sites is 1. The molecule has 27 heavy (non-hydrogen) atoms. The van der Waals surface area contributed by atoms with Crippen LogP contribution in [0.4, 0.5) is 0 Å². The summed E-state index contributed by atoms with van der Waals surface area (Å²) in [6.07, 6.45) is 7.28. The average molecular weight is 366 g/mol. The van der Waals surface area contributed by atoms with E-state index >= 15 is 0 Å². The average Bonchev–Trinajstić information content (AvgIpc) is 3.34. The van der Waals surface area contributed by atoms with Crippen molar-refractivity contribution in [1.29, 1.82) is 0 Å². The Morgan fingerprint density at radius 1 is 1.19 bits per heavy atom. The first-order chi connectivity index (χ1) is 13.0. The van der Waals surface area contributed by atoms with Gasteiger partial charge in [-0.2, -0.15) is 0 Å². The van der Waals surface area contributed by atoms with E-state index in [1.54, 1.807) is 25.8 Å². The van der Waals surface area contributed by atoms with Gasteiger partial charge in [0.25, 0.3) is 0 Å². The number of aromatic nitrogens is 3. The first-order valence-corrected chi connectivity index (χ1v) is 8.93. The lowest BCUT2D eigenvalue weighted by Crippen LogP contribution is -2.36. The predicted molar refractivity (Wildman–Crippen MR) is 106 cm³/mol. The molecule has 0 aliphatic carbocycles. The minimum absolute atomic E-state index is 0.0534. The molecule has 0 fully saturated rings. The Bertz CT molecular complexity index is 889. The Labute approximate surface area is 159 Å². The van der Waals surface area contributed by atoms with Gasteiger partial charge in [0.15, 0.2) is 5.96 Å². The van der Waals surface area contributed by atoms with E-state index in [0.29, 0.717) is 24.9 Å². The minimum atomic E-state index is -0.0534. The highest BCUT2D eigenvalue weighted by Gasteiger charge is 2.19. The number of imidazole rings is 1. The lowest BCUT2D eigenvalue weighted by molar-refractivity contribution is 0.379. The molecular formula is C20H26N6O. The van der Waals surface area contributed by atoms with Crippen LogP contribution in [0.2, 0.25) is 0 Å². The quantitative estimate of drug-likeness (QED) is 0.536. The maximum atomic E-state index is 5.81. The molecule has 0 spiro atoms. The number of nitrogens with zero attached hydrogens (tertiary/aromatic N) is 4. The predicted octanol–water partition coefficient (Wildman–Crippen LogP) is 3.02. The van der Waals surface area contributed by atoms with E-state index in [0.717, 1.165) is 17.0 Å². The van der Waals surface area contributed by atoms with Gasteiger partial charge in [0.05, 0.1) is 24.8 Å². The van der Waals surface area contributed by atoms with Gasteiger partial charge in [0.1, 0.15) is 5.76 Å². The SMILES string of the molecule is CN=C(NCc1ncc(C(C)(C)C)o1)NCc1ccccc1-n1ccnc1. The fraction of sp³-hybridized carbons (Fsp3) is 0.350. The molecule has 1 aromatic carbocycles. The molecule has 0 aliphatic heterocycles. The molecule has 0 amide bonds. The van der Waals surface area contributed by atoms with Crippen molar-refractivity contribution in [1.82, 2.24) is 25.2 Å². The molecule has 7 nitrogen and oxygen atoms in total. The zero-order chi connectivity index (χ0) is 19.3.